The molecule has 0 heterocycles. The second-order valence-electron chi connectivity index (χ2n) is 4.18. The summed E-state index contributed by atoms with van der Waals surface area (Å²) in [6, 6.07) is 12.8. The normalized spacial score (nSPS) is 10.7. The number of hydrogen-bond acceptors (Lipinski definition) is 1. The van der Waals surface area contributed by atoms with Crippen LogP contribution in [-0.2, 0) is 5.33 Å². The van der Waals surface area contributed by atoms with E-state index in [1.54, 1.807) is 0 Å². The summed E-state index contributed by atoms with van der Waals surface area (Å²) < 4.78 is 5.70. The van der Waals surface area contributed by atoms with Gasteiger partial charge >= 0.3 is 0 Å². The van der Waals surface area contributed by atoms with E-state index in [9.17, 15) is 0 Å². The number of unbranched alkanes of at least 4 members (excludes halogenated alkanes) is 1. The molecule has 2 aromatic rings. The predicted molar refractivity (Wildman–Crippen MR) is 77.0 cm³/mol. The van der Waals surface area contributed by atoms with E-state index in [2.05, 4.69) is 59.3 Å². The van der Waals surface area contributed by atoms with E-state index in [1.165, 1.54) is 22.8 Å². The van der Waals surface area contributed by atoms with Crippen molar-refractivity contribution in [2.75, 3.05) is 6.61 Å². The molecule has 0 bridgehead atoms. The Hall–Kier alpha value is -1.02. The molecule has 0 radical (unpaired) electrons. The fourth-order valence-corrected chi connectivity index (χ4v) is 2.13. The van der Waals surface area contributed by atoms with Crippen molar-refractivity contribution < 1.29 is 4.74 Å². The van der Waals surface area contributed by atoms with Crippen LogP contribution in [0.4, 0.5) is 0 Å². The summed E-state index contributed by atoms with van der Waals surface area (Å²) in [4.78, 5) is 0. The number of benzene rings is 2. The Morgan fingerprint density at radius 1 is 1.06 bits per heavy atom. The summed E-state index contributed by atoms with van der Waals surface area (Å²) in [7, 11) is 0. The van der Waals surface area contributed by atoms with Crippen LogP contribution in [0.15, 0.2) is 36.4 Å². The van der Waals surface area contributed by atoms with Crippen LogP contribution in [0, 0.1) is 0 Å². The van der Waals surface area contributed by atoms with Crippen LogP contribution in [0.1, 0.15) is 25.3 Å². The SMILES string of the molecule is CCCCOc1ccc2cc(CBr)ccc2c1. The Morgan fingerprint density at radius 3 is 2.59 bits per heavy atom. The van der Waals surface area contributed by atoms with E-state index in [4.69, 9.17) is 4.74 Å². The first-order valence-corrected chi connectivity index (χ1v) is 7.17. The van der Waals surface area contributed by atoms with Crippen molar-refractivity contribution in [1.29, 1.82) is 0 Å². The Morgan fingerprint density at radius 2 is 1.82 bits per heavy atom. The van der Waals surface area contributed by atoms with Crippen molar-refractivity contribution in [3.8, 4) is 5.75 Å². The lowest BCUT2D eigenvalue weighted by Gasteiger charge is -2.07. The topological polar surface area (TPSA) is 9.23 Å². The van der Waals surface area contributed by atoms with Gasteiger partial charge in [-0.2, -0.15) is 0 Å². The number of alkyl halides is 1. The molecule has 0 fully saturated rings. The molecular formula is C15H17BrO. The van der Waals surface area contributed by atoms with Gasteiger partial charge in [-0.15, -0.1) is 0 Å². The molecule has 0 saturated heterocycles. The zero-order valence-electron chi connectivity index (χ0n) is 10.1. The molecule has 2 heteroatoms. The van der Waals surface area contributed by atoms with E-state index in [-0.39, 0.29) is 0 Å². The molecular weight excluding hydrogens is 276 g/mol. The minimum absolute atomic E-state index is 0.807. The first-order chi connectivity index (χ1) is 8.33. The molecule has 0 atom stereocenters. The van der Waals surface area contributed by atoms with Gasteiger partial charge in [0.15, 0.2) is 0 Å². The van der Waals surface area contributed by atoms with E-state index in [0.717, 1.165) is 24.1 Å². The number of rotatable bonds is 5. The molecule has 0 saturated carbocycles. The van der Waals surface area contributed by atoms with Gasteiger partial charge in [0.1, 0.15) is 5.75 Å². The van der Waals surface area contributed by atoms with Crippen LogP contribution in [0.3, 0.4) is 0 Å². The number of hydrogen-bond donors (Lipinski definition) is 0. The molecule has 0 spiro atoms. The molecule has 17 heavy (non-hydrogen) atoms. The van der Waals surface area contributed by atoms with Crippen LogP contribution in [0.2, 0.25) is 0 Å². The second kappa shape index (κ2) is 6.06. The van der Waals surface area contributed by atoms with Gasteiger partial charge in [0.2, 0.25) is 0 Å². The second-order valence-corrected chi connectivity index (χ2v) is 4.74. The molecule has 2 rings (SSSR count). The maximum Gasteiger partial charge on any atom is 0.119 e. The van der Waals surface area contributed by atoms with Crippen molar-refractivity contribution in [3.63, 3.8) is 0 Å². The highest BCUT2D eigenvalue weighted by atomic mass is 79.9. The lowest BCUT2D eigenvalue weighted by Crippen LogP contribution is -1.96. The first-order valence-electron chi connectivity index (χ1n) is 6.05. The van der Waals surface area contributed by atoms with Gasteiger partial charge in [0.25, 0.3) is 0 Å². The zero-order valence-corrected chi connectivity index (χ0v) is 11.7. The molecule has 0 aromatic heterocycles. The largest absolute Gasteiger partial charge is 0.494 e. The third-order valence-electron chi connectivity index (χ3n) is 2.80. The van der Waals surface area contributed by atoms with Crippen molar-refractivity contribution in [2.24, 2.45) is 0 Å². The lowest BCUT2D eigenvalue weighted by molar-refractivity contribution is 0.310. The third-order valence-corrected chi connectivity index (χ3v) is 3.44. The van der Waals surface area contributed by atoms with Crippen LogP contribution in [0.25, 0.3) is 10.8 Å². The van der Waals surface area contributed by atoms with Gasteiger partial charge in [-0.3, -0.25) is 0 Å². The minimum Gasteiger partial charge on any atom is -0.494 e. The average Bonchev–Trinajstić information content (AvgIpc) is 2.38. The summed E-state index contributed by atoms with van der Waals surface area (Å²) in [5, 5.41) is 3.41. The molecule has 1 nitrogen and oxygen atoms in total. The van der Waals surface area contributed by atoms with Crippen LogP contribution in [-0.4, -0.2) is 6.61 Å². The highest BCUT2D eigenvalue weighted by Crippen LogP contribution is 2.23. The minimum atomic E-state index is 0.807. The zero-order chi connectivity index (χ0) is 12.1. The number of ether oxygens (including phenoxy) is 1. The maximum atomic E-state index is 5.70. The van der Waals surface area contributed by atoms with Crippen molar-refractivity contribution in [1.82, 2.24) is 0 Å². The molecule has 90 valence electrons. The van der Waals surface area contributed by atoms with Crippen LogP contribution >= 0.6 is 15.9 Å². The summed E-state index contributed by atoms with van der Waals surface area (Å²) in [6.45, 7) is 2.98. The van der Waals surface area contributed by atoms with Crippen molar-refractivity contribution in [3.05, 3.63) is 42.0 Å². The van der Waals surface area contributed by atoms with E-state index in [1.807, 2.05) is 0 Å². The molecule has 0 aliphatic heterocycles. The van der Waals surface area contributed by atoms with Crippen molar-refractivity contribution >= 4 is 26.7 Å². The first kappa shape index (κ1) is 12.4. The molecule has 0 amide bonds. The Labute approximate surface area is 111 Å². The highest BCUT2D eigenvalue weighted by Gasteiger charge is 1.99. The van der Waals surface area contributed by atoms with Gasteiger partial charge in [-0.05, 0) is 34.9 Å². The Balaban J connectivity index is 2.19. The number of fused-ring (bicyclic) bond motifs is 1. The molecule has 0 N–H and O–H groups in total. The fourth-order valence-electron chi connectivity index (χ4n) is 1.78. The molecule has 0 aliphatic rings. The third kappa shape index (κ3) is 3.22. The van der Waals surface area contributed by atoms with E-state index >= 15 is 0 Å². The summed E-state index contributed by atoms with van der Waals surface area (Å²) in [6.07, 6.45) is 2.28. The summed E-state index contributed by atoms with van der Waals surface area (Å²) >= 11 is 3.48. The monoisotopic (exact) mass is 292 g/mol. The lowest BCUT2D eigenvalue weighted by atomic mass is 10.1. The molecule has 0 aliphatic carbocycles. The van der Waals surface area contributed by atoms with Gasteiger partial charge in [-0.25, -0.2) is 0 Å². The van der Waals surface area contributed by atoms with Gasteiger partial charge < -0.3 is 4.74 Å². The molecule has 2 aromatic carbocycles. The average molecular weight is 293 g/mol. The summed E-state index contributed by atoms with van der Waals surface area (Å²) in [5.41, 5.74) is 1.30. The predicted octanol–water partition coefficient (Wildman–Crippen LogP) is 4.91. The number of halogens is 1. The van der Waals surface area contributed by atoms with Gasteiger partial charge in [-0.1, -0.05) is 53.5 Å². The Bertz CT molecular complexity index is 493. The summed E-state index contributed by atoms with van der Waals surface area (Å²) in [5.74, 6) is 0.970. The van der Waals surface area contributed by atoms with E-state index in [0.29, 0.717) is 0 Å². The molecule has 0 unspecified atom stereocenters. The van der Waals surface area contributed by atoms with E-state index < -0.39 is 0 Å². The fraction of sp³-hybridized carbons (Fsp3) is 0.333. The van der Waals surface area contributed by atoms with Gasteiger partial charge in [0, 0.05) is 5.33 Å². The maximum absolute atomic E-state index is 5.70. The Kier molecular flexibility index (Phi) is 4.43. The standard InChI is InChI=1S/C15H17BrO/c1-2-3-8-17-15-7-6-13-9-12(11-16)4-5-14(13)10-15/h4-7,9-10H,2-3,8,11H2,1H3. The van der Waals surface area contributed by atoms with Gasteiger partial charge in [0.05, 0.1) is 6.61 Å². The van der Waals surface area contributed by atoms with Crippen LogP contribution in [0.5, 0.6) is 5.75 Å². The smallest absolute Gasteiger partial charge is 0.119 e. The highest BCUT2D eigenvalue weighted by molar-refractivity contribution is 9.08. The quantitative estimate of drug-likeness (QED) is 0.562. The van der Waals surface area contributed by atoms with Crippen LogP contribution < -0.4 is 4.74 Å². The van der Waals surface area contributed by atoms with Crippen molar-refractivity contribution in [2.45, 2.75) is 25.1 Å².